The van der Waals surface area contributed by atoms with Crippen molar-refractivity contribution in [3.8, 4) is 0 Å². The molecule has 120 valence electrons. The van der Waals surface area contributed by atoms with Crippen LogP contribution in [-0.4, -0.2) is 5.78 Å². The van der Waals surface area contributed by atoms with Crippen LogP contribution in [-0.2, 0) is 0 Å². The molecule has 0 saturated carbocycles. The van der Waals surface area contributed by atoms with Gasteiger partial charge < -0.3 is 10.2 Å². The van der Waals surface area contributed by atoms with Gasteiger partial charge in [0, 0.05) is 16.6 Å². The number of rotatable bonds is 3. The summed E-state index contributed by atoms with van der Waals surface area (Å²) < 4.78 is 5.86. The molecule has 1 heterocycles. The van der Waals surface area contributed by atoms with Crippen LogP contribution in [0.1, 0.15) is 21.5 Å². The third-order valence-electron chi connectivity index (χ3n) is 3.65. The predicted octanol–water partition coefficient (Wildman–Crippen LogP) is 4.34. The summed E-state index contributed by atoms with van der Waals surface area (Å²) in [5.41, 5.74) is 8.09. The second-order valence-corrected chi connectivity index (χ2v) is 6.23. The fourth-order valence-corrected chi connectivity index (χ4v) is 2.72. The number of carbonyl (C=O) groups excluding carboxylic acids is 1. The summed E-state index contributed by atoms with van der Waals surface area (Å²) in [6.07, 6.45) is 2.84. The second kappa shape index (κ2) is 6.45. The van der Waals surface area contributed by atoms with Gasteiger partial charge in [-0.05, 0) is 53.2 Å². The normalized spacial score (nSPS) is 11.2. The van der Waals surface area contributed by atoms with Crippen molar-refractivity contribution in [3.63, 3.8) is 0 Å². The van der Waals surface area contributed by atoms with E-state index in [1.807, 2.05) is 19.1 Å². The van der Waals surface area contributed by atoms with Crippen molar-refractivity contribution < 1.29 is 9.21 Å². The number of fused-ring (bicyclic) bond motifs is 1. The van der Waals surface area contributed by atoms with E-state index >= 15 is 0 Å². The van der Waals surface area contributed by atoms with Crippen LogP contribution in [0.15, 0.2) is 62.2 Å². The maximum atomic E-state index is 12.2. The molecule has 3 rings (SSSR count). The summed E-state index contributed by atoms with van der Waals surface area (Å²) in [5, 5.41) is 0.720. The fourth-order valence-electron chi connectivity index (χ4n) is 2.28. The molecular formula is C19H14BrNO3. The third-order valence-corrected chi connectivity index (χ3v) is 4.47. The van der Waals surface area contributed by atoms with E-state index in [1.165, 1.54) is 12.2 Å². The van der Waals surface area contributed by atoms with Crippen molar-refractivity contribution in [2.24, 2.45) is 0 Å². The second-order valence-electron chi connectivity index (χ2n) is 5.44. The number of aryl methyl sites for hydroxylation is 1. The van der Waals surface area contributed by atoms with E-state index in [-0.39, 0.29) is 5.78 Å². The standard InChI is InChI=1S/C19H14BrNO3/c1-11-2-4-12(5-3-11)16(22)9-7-14-10-13-6-8-15(21)17(20)18(13)24-19(14)23/h2-10H,21H2,1H3/b9-7+. The molecule has 0 atom stereocenters. The van der Waals surface area contributed by atoms with Gasteiger partial charge >= 0.3 is 5.63 Å². The first kappa shape index (κ1) is 16.2. The Morgan fingerprint density at radius 1 is 1.17 bits per heavy atom. The first-order valence-electron chi connectivity index (χ1n) is 7.26. The van der Waals surface area contributed by atoms with Gasteiger partial charge in [0.1, 0.15) is 0 Å². The van der Waals surface area contributed by atoms with Crippen molar-refractivity contribution in [2.45, 2.75) is 6.92 Å². The fraction of sp³-hybridized carbons (Fsp3) is 0.0526. The highest BCUT2D eigenvalue weighted by molar-refractivity contribution is 9.10. The molecule has 1 aromatic heterocycles. The van der Waals surface area contributed by atoms with Crippen LogP contribution in [0.25, 0.3) is 17.0 Å². The van der Waals surface area contributed by atoms with Crippen molar-refractivity contribution in [1.29, 1.82) is 0 Å². The molecule has 0 spiro atoms. The van der Waals surface area contributed by atoms with E-state index in [4.69, 9.17) is 10.2 Å². The van der Waals surface area contributed by atoms with E-state index in [2.05, 4.69) is 15.9 Å². The first-order valence-corrected chi connectivity index (χ1v) is 8.06. The maximum Gasteiger partial charge on any atom is 0.343 e. The van der Waals surface area contributed by atoms with Crippen LogP contribution in [0, 0.1) is 6.92 Å². The Morgan fingerprint density at radius 2 is 1.88 bits per heavy atom. The minimum atomic E-state index is -0.526. The minimum Gasteiger partial charge on any atom is -0.421 e. The van der Waals surface area contributed by atoms with E-state index in [0.29, 0.717) is 26.9 Å². The molecule has 2 N–H and O–H groups in total. The number of benzene rings is 2. The number of nitrogens with two attached hydrogens (primary N) is 1. The molecule has 4 nitrogen and oxygen atoms in total. The van der Waals surface area contributed by atoms with Crippen molar-refractivity contribution in [2.75, 3.05) is 5.73 Å². The lowest BCUT2D eigenvalue weighted by molar-refractivity contribution is 0.104. The lowest BCUT2D eigenvalue weighted by Gasteiger charge is -2.03. The topological polar surface area (TPSA) is 73.3 Å². The zero-order chi connectivity index (χ0) is 17.3. The van der Waals surface area contributed by atoms with Gasteiger partial charge in [-0.2, -0.15) is 0 Å². The highest BCUT2D eigenvalue weighted by Gasteiger charge is 2.09. The molecule has 0 radical (unpaired) electrons. The summed E-state index contributed by atoms with van der Waals surface area (Å²) >= 11 is 3.31. The SMILES string of the molecule is Cc1ccc(C(=O)/C=C/c2cc3ccc(N)c(Br)c3oc2=O)cc1. The molecule has 0 saturated heterocycles. The number of halogens is 1. The summed E-state index contributed by atoms with van der Waals surface area (Å²) in [6, 6.07) is 12.4. The Labute approximate surface area is 146 Å². The quantitative estimate of drug-likeness (QED) is 0.316. The number of hydrogen-bond donors (Lipinski definition) is 1. The summed E-state index contributed by atoms with van der Waals surface area (Å²) in [4.78, 5) is 24.3. The molecule has 0 amide bonds. The van der Waals surface area contributed by atoms with Gasteiger partial charge in [0.15, 0.2) is 11.4 Å². The molecule has 5 heteroatoms. The molecule has 0 aliphatic carbocycles. The summed E-state index contributed by atoms with van der Waals surface area (Å²) in [6.45, 7) is 1.95. The van der Waals surface area contributed by atoms with Gasteiger partial charge in [-0.3, -0.25) is 4.79 Å². The lowest BCUT2D eigenvalue weighted by atomic mass is 10.1. The van der Waals surface area contributed by atoms with E-state index in [9.17, 15) is 9.59 Å². The van der Waals surface area contributed by atoms with Crippen LogP contribution in [0.5, 0.6) is 0 Å². The Kier molecular flexibility index (Phi) is 4.36. The number of allylic oxidation sites excluding steroid dienone is 1. The maximum absolute atomic E-state index is 12.2. The van der Waals surface area contributed by atoms with Gasteiger partial charge in [-0.25, -0.2) is 4.79 Å². The lowest BCUT2D eigenvalue weighted by Crippen LogP contribution is -2.04. The summed E-state index contributed by atoms with van der Waals surface area (Å²) in [7, 11) is 0. The Bertz CT molecular complexity index is 1020. The van der Waals surface area contributed by atoms with E-state index < -0.39 is 5.63 Å². The molecular weight excluding hydrogens is 370 g/mol. The van der Waals surface area contributed by atoms with Crippen LogP contribution in [0.3, 0.4) is 0 Å². The van der Waals surface area contributed by atoms with Gasteiger partial charge in [-0.15, -0.1) is 0 Å². The molecule has 0 aliphatic rings. The van der Waals surface area contributed by atoms with E-state index in [0.717, 1.165) is 10.9 Å². The number of ketones is 1. The highest BCUT2D eigenvalue weighted by Crippen LogP contribution is 2.29. The van der Waals surface area contributed by atoms with Gasteiger partial charge in [0.2, 0.25) is 0 Å². The van der Waals surface area contributed by atoms with Crippen molar-refractivity contribution in [1.82, 2.24) is 0 Å². The smallest absolute Gasteiger partial charge is 0.343 e. The highest BCUT2D eigenvalue weighted by atomic mass is 79.9. The molecule has 0 unspecified atom stereocenters. The van der Waals surface area contributed by atoms with Gasteiger partial charge in [0.05, 0.1) is 10.0 Å². The number of anilines is 1. The number of nitrogen functional groups attached to an aromatic ring is 1. The zero-order valence-electron chi connectivity index (χ0n) is 12.9. The Balaban J connectivity index is 1.96. The van der Waals surface area contributed by atoms with Crippen LogP contribution in [0.2, 0.25) is 0 Å². The van der Waals surface area contributed by atoms with Crippen LogP contribution < -0.4 is 11.4 Å². The average Bonchev–Trinajstić information content (AvgIpc) is 2.57. The monoisotopic (exact) mass is 383 g/mol. The number of hydrogen-bond acceptors (Lipinski definition) is 4. The third kappa shape index (κ3) is 3.16. The largest absolute Gasteiger partial charge is 0.421 e. The van der Waals surface area contributed by atoms with E-state index in [1.54, 1.807) is 30.3 Å². The molecule has 0 aliphatic heterocycles. The Hall–Kier alpha value is -2.66. The van der Waals surface area contributed by atoms with Crippen molar-refractivity contribution in [3.05, 3.63) is 80.1 Å². The molecule has 24 heavy (non-hydrogen) atoms. The molecule has 3 aromatic rings. The van der Waals surface area contributed by atoms with Crippen LogP contribution >= 0.6 is 15.9 Å². The molecule has 2 aromatic carbocycles. The first-order chi connectivity index (χ1) is 11.5. The molecule has 0 bridgehead atoms. The zero-order valence-corrected chi connectivity index (χ0v) is 14.5. The predicted molar refractivity (Wildman–Crippen MR) is 99.1 cm³/mol. The number of carbonyl (C=O) groups is 1. The van der Waals surface area contributed by atoms with Gasteiger partial charge in [0.25, 0.3) is 0 Å². The van der Waals surface area contributed by atoms with Crippen LogP contribution in [0.4, 0.5) is 5.69 Å². The van der Waals surface area contributed by atoms with Crippen molar-refractivity contribution >= 4 is 44.4 Å². The average molecular weight is 384 g/mol. The summed E-state index contributed by atoms with van der Waals surface area (Å²) in [5.74, 6) is -0.173. The Morgan fingerprint density at radius 3 is 2.58 bits per heavy atom. The van der Waals surface area contributed by atoms with Gasteiger partial charge in [-0.1, -0.05) is 29.8 Å². The molecule has 0 fully saturated rings. The minimum absolute atomic E-state index is 0.173.